The van der Waals surface area contributed by atoms with E-state index in [2.05, 4.69) is 28.3 Å². The van der Waals surface area contributed by atoms with Gasteiger partial charge in [0.15, 0.2) is 0 Å². The number of hydrogen-bond donors (Lipinski definition) is 1. The lowest BCUT2D eigenvalue weighted by Crippen LogP contribution is -2.05. The molecule has 0 amide bonds. The second kappa shape index (κ2) is 6.43. The van der Waals surface area contributed by atoms with Crippen LogP contribution in [0.2, 0.25) is 0 Å². The van der Waals surface area contributed by atoms with Gasteiger partial charge in [-0.05, 0) is 44.0 Å². The highest BCUT2D eigenvalue weighted by Gasteiger charge is 2.26. The molecule has 3 rings (SSSR count). The molecule has 0 unspecified atom stereocenters. The predicted octanol–water partition coefficient (Wildman–Crippen LogP) is 4.22. The van der Waals surface area contributed by atoms with Crippen molar-refractivity contribution >= 4 is 17.6 Å². The van der Waals surface area contributed by atoms with Crippen LogP contribution in [0.25, 0.3) is 0 Å². The zero-order valence-electron chi connectivity index (χ0n) is 12.0. The summed E-state index contributed by atoms with van der Waals surface area (Å²) in [5, 5.41) is 3.27. The van der Waals surface area contributed by atoms with E-state index in [1.54, 1.807) is 23.9 Å². The minimum Gasteiger partial charge on any atom is -0.370 e. The highest BCUT2D eigenvalue weighted by atomic mass is 32.2. The smallest absolute Gasteiger partial charge is 0.141 e. The lowest BCUT2D eigenvalue weighted by atomic mass is 10.2. The number of nitrogens with one attached hydrogen (secondary N) is 1. The molecule has 110 valence electrons. The van der Waals surface area contributed by atoms with Crippen LogP contribution in [0.1, 0.15) is 37.2 Å². The second-order valence-electron chi connectivity index (χ2n) is 5.14. The van der Waals surface area contributed by atoms with Crippen molar-refractivity contribution in [2.24, 2.45) is 0 Å². The Balaban J connectivity index is 1.72. The molecule has 21 heavy (non-hydrogen) atoms. The molecule has 1 N–H and O–H groups in total. The number of nitrogens with zero attached hydrogens (tertiary/aromatic N) is 2. The highest BCUT2D eigenvalue weighted by molar-refractivity contribution is 7.98. The van der Waals surface area contributed by atoms with Gasteiger partial charge in [-0.3, -0.25) is 0 Å². The van der Waals surface area contributed by atoms with Crippen LogP contribution in [0.5, 0.6) is 0 Å². The van der Waals surface area contributed by atoms with Gasteiger partial charge in [0.05, 0.1) is 5.75 Å². The van der Waals surface area contributed by atoms with E-state index in [1.807, 2.05) is 0 Å². The first kappa shape index (κ1) is 14.3. The monoisotopic (exact) mass is 303 g/mol. The van der Waals surface area contributed by atoms with Crippen molar-refractivity contribution in [3.05, 3.63) is 47.7 Å². The quantitative estimate of drug-likeness (QED) is 0.811. The van der Waals surface area contributed by atoms with Crippen LogP contribution in [-0.2, 0) is 5.75 Å². The van der Waals surface area contributed by atoms with E-state index in [0.29, 0.717) is 11.7 Å². The molecular weight excluding hydrogens is 285 g/mol. The van der Waals surface area contributed by atoms with Crippen LogP contribution in [0, 0.1) is 5.82 Å². The molecule has 1 aliphatic carbocycles. The van der Waals surface area contributed by atoms with Crippen LogP contribution in [0.4, 0.5) is 10.2 Å². The van der Waals surface area contributed by atoms with Crippen molar-refractivity contribution in [3.8, 4) is 0 Å². The topological polar surface area (TPSA) is 37.8 Å². The molecule has 1 aliphatic rings. The largest absolute Gasteiger partial charge is 0.370 e. The number of benzene rings is 1. The molecular formula is C16H18FN3S. The van der Waals surface area contributed by atoms with Crippen molar-refractivity contribution < 1.29 is 4.39 Å². The number of anilines is 1. The summed E-state index contributed by atoms with van der Waals surface area (Å²) < 4.78 is 12.9. The van der Waals surface area contributed by atoms with E-state index in [0.717, 1.165) is 28.8 Å². The molecule has 3 nitrogen and oxygen atoms in total. The molecule has 0 atom stereocenters. The molecule has 2 aromatic rings. The van der Waals surface area contributed by atoms with Gasteiger partial charge >= 0.3 is 0 Å². The molecule has 1 saturated carbocycles. The molecule has 1 heterocycles. The van der Waals surface area contributed by atoms with Gasteiger partial charge in [0, 0.05) is 29.1 Å². The Morgan fingerprint density at radius 2 is 2.00 bits per heavy atom. The van der Waals surface area contributed by atoms with Gasteiger partial charge in [0.1, 0.15) is 17.5 Å². The van der Waals surface area contributed by atoms with Gasteiger partial charge in [-0.25, -0.2) is 14.4 Å². The van der Waals surface area contributed by atoms with Crippen LogP contribution in [0.15, 0.2) is 35.2 Å². The van der Waals surface area contributed by atoms with Crippen LogP contribution in [-0.4, -0.2) is 16.5 Å². The summed E-state index contributed by atoms with van der Waals surface area (Å²) in [6.45, 7) is 2.91. The van der Waals surface area contributed by atoms with Gasteiger partial charge in [0.2, 0.25) is 0 Å². The fourth-order valence-corrected chi connectivity index (χ4v) is 2.87. The number of aromatic nitrogens is 2. The van der Waals surface area contributed by atoms with E-state index < -0.39 is 0 Å². The zero-order valence-corrected chi connectivity index (χ0v) is 12.8. The first-order chi connectivity index (χ1) is 10.2. The first-order valence-electron chi connectivity index (χ1n) is 7.24. The summed E-state index contributed by atoms with van der Waals surface area (Å²) in [6.07, 6.45) is 2.46. The number of thioether (sulfide) groups is 1. The summed E-state index contributed by atoms with van der Waals surface area (Å²) in [4.78, 5) is 10.2. The van der Waals surface area contributed by atoms with Crippen LogP contribution >= 0.6 is 11.8 Å². The Morgan fingerprint density at radius 3 is 2.67 bits per heavy atom. The Kier molecular flexibility index (Phi) is 4.39. The van der Waals surface area contributed by atoms with Gasteiger partial charge in [0.25, 0.3) is 0 Å². The van der Waals surface area contributed by atoms with Crippen molar-refractivity contribution in [2.45, 2.75) is 36.3 Å². The Hall–Kier alpha value is -1.62. The van der Waals surface area contributed by atoms with E-state index in [1.165, 1.54) is 25.0 Å². The minimum atomic E-state index is -0.208. The average molecular weight is 303 g/mol. The number of rotatable bonds is 6. The van der Waals surface area contributed by atoms with Crippen molar-refractivity contribution in [2.75, 3.05) is 11.9 Å². The zero-order chi connectivity index (χ0) is 14.7. The van der Waals surface area contributed by atoms with Crippen molar-refractivity contribution in [1.29, 1.82) is 0 Å². The van der Waals surface area contributed by atoms with Gasteiger partial charge in [-0.2, -0.15) is 0 Å². The number of halogens is 1. The predicted molar refractivity (Wildman–Crippen MR) is 84.1 cm³/mol. The Morgan fingerprint density at radius 1 is 1.24 bits per heavy atom. The SMILES string of the molecule is CCNc1cc(C2CC2)nc(CSc2ccc(F)cc2)n1. The maximum absolute atomic E-state index is 12.9. The van der Waals surface area contributed by atoms with Gasteiger partial charge < -0.3 is 5.32 Å². The molecule has 0 radical (unpaired) electrons. The standard InChI is InChI=1S/C16H18FN3S/c1-2-18-15-9-14(11-3-4-11)19-16(20-15)10-21-13-7-5-12(17)6-8-13/h5-9,11H,2-4,10H2,1H3,(H,18,19,20). The summed E-state index contributed by atoms with van der Waals surface area (Å²) in [7, 11) is 0. The summed E-state index contributed by atoms with van der Waals surface area (Å²) in [5.41, 5.74) is 1.15. The second-order valence-corrected chi connectivity index (χ2v) is 6.19. The fraction of sp³-hybridized carbons (Fsp3) is 0.375. The molecule has 1 aromatic carbocycles. The lowest BCUT2D eigenvalue weighted by molar-refractivity contribution is 0.626. The summed E-state index contributed by atoms with van der Waals surface area (Å²) >= 11 is 1.63. The maximum Gasteiger partial charge on any atom is 0.141 e. The summed E-state index contributed by atoms with van der Waals surface area (Å²) in [5.74, 6) is 2.85. The molecule has 1 fully saturated rings. The molecule has 5 heteroatoms. The van der Waals surface area contributed by atoms with E-state index in [9.17, 15) is 4.39 Å². The maximum atomic E-state index is 12.9. The van der Waals surface area contributed by atoms with Crippen LogP contribution in [0.3, 0.4) is 0 Å². The normalized spacial score (nSPS) is 14.2. The molecule has 0 spiro atoms. The highest BCUT2D eigenvalue weighted by Crippen LogP contribution is 2.39. The average Bonchev–Trinajstić information content (AvgIpc) is 3.31. The Labute approximate surface area is 128 Å². The van der Waals surface area contributed by atoms with Crippen molar-refractivity contribution in [1.82, 2.24) is 9.97 Å². The minimum absolute atomic E-state index is 0.208. The third-order valence-corrected chi connectivity index (χ3v) is 4.34. The van der Waals surface area contributed by atoms with Crippen LogP contribution < -0.4 is 5.32 Å². The van der Waals surface area contributed by atoms with E-state index in [4.69, 9.17) is 0 Å². The third-order valence-electron chi connectivity index (χ3n) is 3.33. The first-order valence-corrected chi connectivity index (χ1v) is 8.23. The van der Waals surface area contributed by atoms with Crippen molar-refractivity contribution in [3.63, 3.8) is 0 Å². The Bertz CT molecular complexity index is 611. The lowest BCUT2D eigenvalue weighted by Gasteiger charge is -2.08. The third kappa shape index (κ3) is 3.94. The number of hydrogen-bond acceptors (Lipinski definition) is 4. The molecule has 0 bridgehead atoms. The molecule has 1 aromatic heterocycles. The van der Waals surface area contributed by atoms with Gasteiger partial charge in [-0.1, -0.05) is 0 Å². The molecule has 0 aliphatic heterocycles. The van der Waals surface area contributed by atoms with Gasteiger partial charge in [-0.15, -0.1) is 11.8 Å². The molecule has 0 saturated heterocycles. The van der Waals surface area contributed by atoms with E-state index in [-0.39, 0.29) is 5.82 Å². The summed E-state index contributed by atoms with van der Waals surface area (Å²) in [6, 6.07) is 8.60. The fourth-order valence-electron chi connectivity index (χ4n) is 2.12. The van der Waals surface area contributed by atoms with E-state index >= 15 is 0 Å².